The van der Waals surface area contributed by atoms with Crippen molar-refractivity contribution >= 4 is 17.1 Å². The lowest BCUT2D eigenvalue weighted by Crippen LogP contribution is -2.62. The van der Waals surface area contributed by atoms with Gasteiger partial charge in [0.2, 0.25) is 0 Å². The van der Waals surface area contributed by atoms with Gasteiger partial charge >= 0.3 is 0 Å². The van der Waals surface area contributed by atoms with E-state index < -0.39 is 0 Å². The van der Waals surface area contributed by atoms with Crippen LogP contribution in [0.4, 0.5) is 0 Å². The quantitative estimate of drug-likeness (QED) is 0.327. The Labute approximate surface area is 186 Å². The van der Waals surface area contributed by atoms with Crippen LogP contribution in [-0.4, -0.2) is 4.86 Å². The number of thiocarbonyl (C=S) groups is 1. The van der Waals surface area contributed by atoms with Gasteiger partial charge in [0.15, 0.2) is 0 Å². The van der Waals surface area contributed by atoms with Gasteiger partial charge in [-0.15, -0.1) is 6.58 Å². The second-order valence-electron chi connectivity index (χ2n) is 12.6. The summed E-state index contributed by atoms with van der Waals surface area (Å²) in [4.78, 5) is 1.47. The first-order chi connectivity index (χ1) is 13.6. The molecule has 0 amide bonds. The van der Waals surface area contributed by atoms with Crippen LogP contribution in [0.2, 0.25) is 0 Å². The van der Waals surface area contributed by atoms with Crippen molar-refractivity contribution in [2.75, 3.05) is 0 Å². The van der Waals surface area contributed by atoms with E-state index in [9.17, 15) is 0 Å². The second-order valence-corrected chi connectivity index (χ2v) is 13.1. The van der Waals surface area contributed by atoms with E-state index >= 15 is 0 Å². The largest absolute Gasteiger partial charge is 0.100 e. The van der Waals surface area contributed by atoms with Gasteiger partial charge in [0.05, 0.1) is 0 Å². The van der Waals surface area contributed by atoms with E-state index in [1.165, 1.54) is 74.6 Å². The van der Waals surface area contributed by atoms with Gasteiger partial charge in [-0.05, 0) is 116 Å². The lowest BCUT2D eigenvalue weighted by atomic mass is 9.38. The molecule has 0 heterocycles. The summed E-state index contributed by atoms with van der Waals surface area (Å²) in [5, 5.41) is 0. The number of hydrogen-bond acceptors (Lipinski definition) is 1. The predicted octanol–water partition coefficient (Wildman–Crippen LogP) is 8.64. The minimum Gasteiger partial charge on any atom is -0.100 e. The summed E-state index contributed by atoms with van der Waals surface area (Å²) in [5.41, 5.74) is 2.71. The van der Waals surface area contributed by atoms with E-state index in [4.69, 9.17) is 12.2 Å². The van der Waals surface area contributed by atoms with Crippen molar-refractivity contribution < 1.29 is 0 Å². The molecule has 0 saturated heterocycles. The van der Waals surface area contributed by atoms with Gasteiger partial charge < -0.3 is 0 Å². The highest BCUT2D eigenvalue weighted by Gasteiger charge is 2.66. The van der Waals surface area contributed by atoms with Crippen molar-refractivity contribution in [1.29, 1.82) is 0 Å². The van der Waals surface area contributed by atoms with Crippen LogP contribution in [0.1, 0.15) is 106 Å². The minimum absolute atomic E-state index is 0.303. The number of fused-ring (bicyclic) bond motifs is 5. The number of rotatable bonds is 4. The lowest BCUT2D eigenvalue weighted by Gasteiger charge is -2.66. The lowest BCUT2D eigenvalue weighted by molar-refractivity contribution is -0.119. The van der Waals surface area contributed by atoms with Crippen LogP contribution < -0.4 is 0 Å². The van der Waals surface area contributed by atoms with E-state index in [1.807, 2.05) is 0 Å². The molecule has 0 N–H and O–H groups in total. The average Bonchev–Trinajstić information content (AvgIpc) is 3.01. The second kappa shape index (κ2) is 7.46. The molecule has 0 radical (unpaired) electrons. The topological polar surface area (TPSA) is 0 Å². The molecule has 4 saturated carbocycles. The Hall–Kier alpha value is -0.170. The van der Waals surface area contributed by atoms with E-state index in [-0.39, 0.29) is 0 Å². The predicted molar refractivity (Wildman–Crippen MR) is 130 cm³/mol. The fourth-order valence-electron chi connectivity index (χ4n) is 9.63. The molecule has 0 aliphatic heterocycles. The van der Waals surface area contributed by atoms with Crippen molar-refractivity contribution in [3.8, 4) is 0 Å². The van der Waals surface area contributed by atoms with Gasteiger partial charge in [-0.3, -0.25) is 0 Å². The molecule has 0 bridgehead atoms. The molecule has 4 aliphatic carbocycles. The zero-order valence-corrected chi connectivity index (χ0v) is 21.0. The highest BCUT2D eigenvalue weighted by atomic mass is 32.1. The third-order valence-electron chi connectivity index (χ3n) is 11.3. The molecule has 0 aromatic heterocycles. The molecule has 4 aliphatic rings. The Morgan fingerprint density at radius 1 is 1.07 bits per heavy atom. The zero-order valence-electron chi connectivity index (χ0n) is 20.2. The Morgan fingerprint density at radius 2 is 1.72 bits per heavy atom. The van der Waals surface area contributed by atoms with Crippen molar-refractivity contribution in [2.45, 2.75) is 106 Å². The Morgan fingerprint density at radius 3 is 2.38 bits per heavy atom. The molecule has 9 unspecified atom stereocenters. The smallest absolute Gasteiger partial charge is 0.00554 e. The monoisotopic (exact) mass is 414 g/mol. The summed E-state index contributed by atoms with van der Waals surface area (Å²) in [6.07, 6.45) is 13.8. The molecule has 9 atom stereocenters. The van der Waals surface area contributed by atoms with Crippen LogP contribution in [-0.2, 0) is 0 Å². The van der Waals surface area contributed by atoms with Crippen LogP contribution in [0.3, 0.4) is 0 Å². The Balaban J connectivity index is 1.64. The van der Waals surface area contributed by atoms with Gasteiger partial charge in [-0.1, -0.05) is 58.8 Å². The molecular formula is C28H46S. The molecule has 0 spiro atoms. The van der Waals surface area contributed by atoms with Crippen molar-refractivity contribution in [2.24, 2.45) is 51.8 Å². The van der Waals surface area contributed by atoms with Crippen molar-refractivity contribution in [3.05, 3.63) is 12.2 Å². The fourth-order valence-corrected chi connectivity index (χ4v) is 10.1. The van der Waals surface area contributed by atoms with Gasteiger partial charge in [-0.25, -0.2) is 0 Å². The first-order valence-corrected chi connectivity index (χ1v) is 13.2. The molecule has 0 nitrogen and oxygen atoms in total. The maximum atomic E-state index is 6.35. The van der Waals surface area contributed by atoms with E-state index in [1.54, 1.807) is 0 Å². The summed E-state index contributed by atoms with van der Waals surface area (Å²) in [7, 11) is 0. The summed E-state index contributed by atoms with van der Waals surface area (Å²) in [6.45, 7) is 19.3. The van der Waals surface area contributed by atoms with E-state index in [0.717, 1.165) is 35.5 Å². The summed E-state index contributed by atoms with van der Waals surface area (Å²) < 4.78 is 0. The molecule has 4 fully saturated rings. The Kier molecular flexibility index (Phi) is 5.67. The van der Waals surface area contributed by atoms with E-state index in [0.29, 0.717) is 16.2 Å². The molecule has 0 aromatic carbocycles. The minimum atomic E-state index is 0.303. The number of allylic oxidation sites excluding steroid dienone is 1. The molecule has 29 heavy (non-hydrogen) atoms. The highest BCUT2D eigenvalue weighted by Crippen LogP contribution is 2.72. The SMILES string of the molecule is C=C(C)CC1CCC2(C)C(CC(=S)C3(C)C2CCC2(C)C(C(C)CC)CCC23)C1. The zero-order chi connectivity index (χ0) is 21.2. The van der Waals surface area contributed by atoms with Crippen molar-refractivity contribution in [1.82, 2.24) is 0 Å². The summed E-state index contributed by atoms with van der Waals surface area (Å²) in [6, 6.07) is 0. The van der Waals surface area contributed by atoms with Gasteiger partial charge in [-0.2, -0.15) is 0 Å². The Bertz CT molecular complexity index is 678. The van der Waals surface area contributed by atoms with Gasteiger partial charge in [0.1, 0.15) is 0 Å². The molecule has 0 aromatic rings. The average molecular weight is 415 g/mol. The molecule has 164 valence electrons. The van der Waals surface area contributed by atoms with Gasteiger partial charge in [0, 0.05) is 5.41 Å². The van der Waals surface area contributed by atoms with Crippen molar-refractivity contribution in [3.63, 3.8) is 0 Å². The maximum Gasteiger partial charge on any atom is 0.00554 e. The summed E-state index contributed by atoms with van der Waals surface area (Å²) in [5.74, 6) is 5.10. The fraction of sp³-hybridized carbons (Fsp3) is 0.893. The molecule has 4 rings (SSSR count). The third-order valence-corrected chi connectivity index (χ3v) is 11.9. The highest BCUT2D eigenvalue weighted by molar-refractivity contribution is 7.80. The van der Waals surface area contributed by atoms with Crippen LogP contribution in [0.15, 0.2) is 12.2 Å². The van der Waals surface area contributed by atoms with E-state index in [2.05, 4.69) is 48.1 Å². The van der Waals surface area contributed by atoms with Crippen LogP contribution in [0, 0.1) is 51.8 Å². The van der Waals surface area contributed by atoms with Crippen LogP contribution in [0.25, 0.3) is 0 Å². The van der Waals surface area contributed by atoms with Gasteiger partial charge in [0.25, 0.3) is 0 Å². The first kappa shape index (κ1) is 22.0. The molecular weight excluding hydrogens is 368 g/mol. The standard InChI is InChI=1S/C28H46S/c1-8-19(4)22-9-10-23-27(22,6)14-12-24-26(5)13-11-20(15-18(2)3)16-21(26)17-25(29)28(23,24)7/h19-24H,2,8-17H2,1,3-7H3. The molecule has 1 heteroatoms. The number of hydrogen-bond donors (Lipinski definition) is 0. The summed E-state index contributed by atoms with van der Waals surface area (Å²) >= 11 is 6.35. The maximum absolute atomic E-state index is 6.35. The van der Waals surface area contributed by atoms with Crippen LogP contribution >= 0.6 is 12.2 Å². The van der Waals surface area contributed by atoms with Crippen LogP contribution in [0.5, 0.6) is 0 Å². The third kappa shape index (κ3) is 3.15. The first-order valence-electron chi connectivity index (χ1n) is 12.7. The normalized spacial score (nSPS) is 50.4.